The molecule has 0 radical (unpaired) electrons. The van der Waals surface area contributed by atoms with Gasteiger partial charge in [-0.1, -0.05) is 11.6 Å². The number of ketones is 1. The molecule has 0 spiro atoms. The minimum Gasteiger partial charge on any atom is -0.496 e. The number of halogens is 3. The van der Waals surface area contributed by atoms with Gasteiger partial charge in [-0.2, -0.15) is 0 Å². The van der Waals surface area contributed by atoms with E-state index in [0.29, 0.717) is 16.3 Å². The summed E-state index contributed by atoms with van der Waals surface area (Å²) in [4.78, 5) is 11.8. The molecule has 0 fully saturated rings. The molecule has 0 amide bonds. The van der Waals surface area contributed by atoms with Crippen LogP contribution in [0.3, 0.4) is 0 Å². The van der Waals surface area contributed by atoms with Crippen molar-refractivity contribution in [2.75, 3.05) is 13.0 Å². The predicted octanol–water partition coefficient (Wildman–Crippen LogP) is 3.38. The summed E-state index contributed by atoms with van der Waals surface area (Å²) in [6.45, 7) is 0. The third-order valence-corrected chi connectivity index (χ3v) is 2.90. The smallest absolute Gasteiger partial charge is 0.185 e. The van der Waals surface area contributed by atoms with Crippen molar-refractivity contribution in [3.05, 3.63) is 28.8 Å². The lowest BCUT2D eigenvalue weighted by Gasteiger charge is -2.09. The Morgan fingerprint density at radius 1 is 1.53 bits per heavy atom. The maximum atomic E-state index is 11.8. The Labute approximate surface area is 103 Å². The Balaban J connectivity index is 3.11. The van der Waals surface area contributed by atoms with Gasteiger partial charge in [-0.15, -0.1) is 23.2 Å². The van der Waals surface area contributed by atoms with Crippen LogP contribution < -0.4 is 4.74 Å². The Kier molecular flexibility index (Phi) is 4.71. The third-order valence-electron chi connectivity index (χ3n) is 1.85. The van der Waals surface area contributed by atoms with Crippen molar-refractivity contribution in [1.82, 2.24) is 0 Å². The zero-order valence-corrected chi connectivity index (χ0v) is 10.2. The van der Waals surface area contributed by atoms with Crippen molar-refractivity contribution in [1.29, 1.82) is 0 Å². The fraction of sp³-hybridized carbons (Fsp3) is 0.300. The fourth-order valence-corrected chi connectivity index (χ4v) is 1.54. The monoisotopic (exact) mass is 266 g/mol. The normalized spacial score (nSPS) is 12.3. The zero-order valence-electron chi connectivity index (χ0n) is 7.97. The second-order valence-electron chi connectivity index (χ2n) is 2.83. The summed E-state index contributed by atoms with van der Waals surface area (Å²) in [7, 11) is 1.48. The summed E-state index contributed by atoms with van der Waals surface area (Å²) in [6, 6.07) is 4.78. The van der Waals surface area contributed by atoms with Crippen LogP contribution in [0.25, 0.3) is 0 Å². The molecule has 2 nitrogen and oxygen atoms in total. The average molecular weight is 268 g/mol. The summed E-state index contributed by atoms with van der Waals surface area (Å²) in [5, 5.41) is -0.309. The van der Waals surface area contributed by atoms with Crippen molar-refractivity contribution in [3.63, 3.8) is 0 Å². The highest BCUT2D eigenvalue weighted by molar-refractivity contribution is 6.39. The van der Waals surface area contributed by atoms with Crippen LogP contribution in [-0.2, 0) is 0 Å². The molecule has 1 rings (SSSR count). The molecule has 1 aromatic carbocycles. The minimum absolute atomic E-state index is 0.0516. The second-order valence-corrected chi connectivity index (χ2v) is 4.10. The first-order valence-electron chi connectivity index (χ1n) is 4.18. The largest absolute Gasteiger partial charge is 0.496 e. The molecule has 0 saturated carbocycles. The molecule has 1 unspecified atom stereocenters. The number of rotatable bonds is 4. The van der Waals surface area contributed by atoms with Gasteiger partial charge in [-0.05, 0) is 18.2 Å². The van der Waals surface area contributed by atoms with Gasteiger partial charge in [0.15, 0.2) is 5.78 Å². The van der Waals surface area contributed by atoms with E-state index in [1.165, 1.54) is 13.2 Å². The highest BCUT2D eigenvalue weighted by atomic mass is 35.5. The Bertz CT molecular complexity index is 366. The van der Waals surface area contributed by atoms with E-state index < -0.39 is 5.38 Å². The molecule has 0 saturated heterocycles. The predicted molar refractivity (Wildman–Crippen MR) is 62.7 cm³/mol. The van der Waals surface area contributed by atoms with Crippen LogP contribution in [0.4, 0.5) is 0 Å². The minimum atomic E-state index is -0.765. The molecule has 1 atom stereocenters. The molecular weight excluding hydrogens is 258 g/mol. The number of methoxy groups -OCH3 is 1. The number of benzene rings is 1. The number of alkyl halides is 2. The quantitative estimate of drug-likeness (QED) is 0.617. The summed E-state index contributed by atoms with van der Waals surface area (Å²) in [5.74, 6) is 0.210. The van der Waals surface area contributed by atoms with Gasteiger partial charge in [0.25, 0.3) is 0 Å². The van der Waals surface area contributed by atoms with E-state index in [-0.39, 0.29) is 11.7 Å². The highest BCUT2D eigenvalue weighted by Gasteiger charge is 2.20. The van der Waals surface area contributed by atoms with Crippen molar-refractivity contribution >= 4 is 40.6 Å². The fourth-order valence-electron chi connectivity index (χ4n) is 1.11. The Morgan fingerprint density at radius 3 is 2.73 bits per heavy atom. The Hall–Kier alpha value is -0.440. The maximum Gasteiger partial charge on any atom is 0.185 e. The molecular formula is C10H9Cl3O2. The molecule has 15 heavy (non-hydrogen) atoms. The first-order chi connectivity index (χ1) is 7.10. The van der Waals surface area contributed by atoms with Crippen LogP contribution in [0.5, 0.6) is 5.75 Å². The molecule has 0 aliphatic carbocycles. The molecule has 0 aliphatic heterocycles. The molecule has 0 bridgehead atoms. The summed E-state index contributed by atoms with van der Waals surface area (Å²) in [6.07, 6.45) is 0. The first-order valence-corrected chi connectivity index (χ1v) is 5.52. The SMILES string of the molecule is COc1ccc(Cl)cc1C(=O)C(Cl)CCl. The number of ether oxygens (including phenoxy) is 1. The van der Waals surface area contributed by atoms with E-state index in [1.807, 2.05) is 0 Å². The first kappa shape index (κ1) is 12.6. The molecule has 0 aromatic heterocycles. The number of carbonyl (C=O) groups is 1. The van der Waals surface area contributed by atoms with Crippen molar-refractivity contribution in [2.45, 2.75) is 5.38 Å². The number of carbonyl (C=O) groups excluding carboxylic acids is 1. The van der Waals surface area contributed by atoms with E-state index in [4.69, 9.17) is 39.5 Å². The summed E-state index contributed by atoms with van der Waals surface area (Å²) >= 11 is 17.0. The average Bonchev–Trinajstić information content (AvgIpc) is 2.27. The van der Waals surface area contributed by atoms with Gasteiger partial charge >= 0.3 is 0 Å². The van der Waals surface area contributed by atoms with Crippen molar-refractivity contribution < 1.29 is 9.53 Å². The van der Waals surface area contributed by atoms with E-state index in [9.17, 15) is 4.79 Å². The lowest BCUT2D eigenvalue weighted by atomic mass is 10.1. The molecule has 82 valence electrons. The lowest BCUT2D eigenvalue weighted by molar-refractivity contribution is 0.0990. The molecule has 0 aliphatic rings. The van der Waals surface area contributed by atoms with E-state index in [0.717, 1.165) is 0 Å². The Morgan fingerprint density at radius 2 is 2.20 bits per heavy atom. The zero-order chi connectivity index (χ0) is 11.4. The molecule has 0 heterocycles. The highest BCUT2D eigenvalue weighted by Crippen LogP contribution is 2.25. The van der Waals surface area contributed by atoms with Gasteiger partial charge in [0, 0.05) is 10.9 Å². The van der Waals surface area contributed by atoms with Crippen LogP contribution >= 0.6 is 34.8 Å². The van der Waals surface area contributed by atoms with Gasteiger partial charge in [0.1, 0.15) is 11.1 Å². The van der Waals surface area contributed by atoms with Crippen LogP contribution in [0.1, 0.15) is 10.4 Å². The summed E-state index contributed by atoms with van der Waals surface area (Å²) in [5.41, 5.74) is 0.352. The van der Waals surface area contributed by atoms with E-state index >= 15 is 0 Å². The van der Waals surface area contributed by atoms with Crippen LogP contribution in [-0.4, -0.2) is 24.2 Å². The van der Waals surface area contributed by atoms with Gasteiger partial charge < -0.3 is 4.74 Å². The topological polar surface area (TPSA) is 26.3 Å². The van der Waals surface area contributed by atoms with Crippen molar-refractivity contribution in [2.24, 2.45) is 0 Å². The lowest BCUT2D eigenvalue weighted by Crippen LogP contribution is -2.17. The van der Waals surface area contributed by atoms with Gasteiger partial charge in [-0.25, -0.2) is 0 Å². The van der Waals surface area contributed by atoms with E-state index in [1.54, 1.807) is 12.1 Å². The number of hydrogen-bond donors (Lipinski definition) is 0. The van der Waals surface area contributed by atoms with Gasteiger partial charge in [-0.3, -0.25) is 4.79 Å². The molecule has 5 heteroatoms. The van der Waals surface area contributed by atoms with Gasteiger partial charge in [0.05, 0.1) is 12.7 Å². The van der Waals surface area contributed by atoms with E-state index in [2.05, 4.69) is 0 Å². The number of hydrogen-bond acceptors (Lipinski definition) is 2. The summed E-state index contributed by atoms with van der Waals surface area (Å²) < 4.78 is 5.03. The van der Waals surface area contributed by atoms with Gasteiger partial charge in [0.2, 0.25) is 0 Å². The number of Topliss-reactive ketones (excluding diaryl/α,β-unsaturated/α-hetero) is 1. The van der Waals surface area contributed by atoms with Crippen LogP contribution in [0, 0.1) is 0 Å². The molecule has 0 N–H and O–H groups in total. The van der Waals surface area contributed by atoms with Crippen LogP contribution in [0.15, 0.2) is 18.2 Å². The molecule has 1 aromatic rings. The second kappa shape index (κ2) is 5.59. The van der Waals surface area contributed by atoms with Crippen LogP contribution in [0.2, 0.25) is 5.02 Å². The van der Waals surface area contributed by atoms with Crippen molar-refractivity contribution in [3.8, 4) is 5.75 Å². The standard InChI is InChI=1S/C10H9Cl3O2/c1-15-9-3-2-6(12)4-7(9)10(14)8(13)5-11/h2-4,8H,5H2,1H3. The third kappa shape index (κ3) is 3.00. The maximum absolute atomic E-state index is 11.8.